The second-order valence-corrected chi connectivity index (χ2v) is 5.40. The molecule has 94 valence electrons. The topological polar surface area (TPSA) is 71.2 Å². The molecule has 1 saturated heterocycles. The fraction of sp³-hybridized carbons (Fsp3) is 0.636. The molecule has 0 atom stereocenters. The third-order valence-electron chi connectivity index (χ3n) is 3.05. The smallest absolute Gasteiger partial charge is 0.314 e. The van der Waals surface area contributed by atoms with Crippen molar-refractivity contribution in [3.63, 3.8) is 0 Å². The number of hydrogen-bond donors (Lipinski definition) is 2. The van der Waals surface area contributed by atoms with Crippen molar-refractivity contribution in [1.29, 1.82) is 0 Å². The van der Waals surface area contributed by atoms with Crippen LogP contribution >= 0.6 is 11.3 Å². The summed E-state index contributed by atoms with van der Waals surface area (Å²) in [6.07, 6.45) is 1.93. The average Bonchev–Trinajstić information content (AvgIpc) is 2.73. The Kier molecular flexibility index (Phi) is 3.96. The minimum Gasteiger partial charge on any atom is -0.351 e. The summed E-state index contributed by atoms with van der Waals surface area (Å²) in [6.45, 7) is 4.33. The van der Waals surface area contributed by atoms with Crippen LogP contribution < -0.4 is 11.1 Å². The maximum atomic E-state index is 11.0. The maximum absolute atomic E-state index is 11.0. The van der Waals surface area contributed by atoms with Crippen molar-refractivity contribution in [1.82, 2.24) is 15.2 Å². The quantitative estimate of drug-likeness (QED) is 0.848. The van der Waals surface area contributed by atoms with Gasteiger partial charge in [-0.2, -0.15) is 0 Å². The Hall–Kier alpha value is -1.14. The molecule has 0 aliphatic carbocycles. The zero-order chi connectivity index (χ0) is 12.3. The number of carbonyl (C=O) groups excluding carboxylic acids is 1. The van der Waals surface area contributed by atoms with E-state index < -0.39 is 0 Å². The lowest BCUT2D eigenvalue weighted by Crippen LogP contribution is -2.46. The summed E-state index contributed by atoms with van der Waals surface area (Å²) in [4.78, 5) is 17.1. The number of aromatic nitrogens is 1. The fourth-order valence-corrected chi connectivity index (χ4v) is 2.65. The molecule has 0 aromatic carbocycles. The maximum Gasteiger partial charge on any atom is 0.314 e. The summed E-state index contributed by atoms with van der Waals surface area (Å²) in [5.74, 6) is 0. The highest BCUT2D eigenvalue weighted by Gasteiger charge is 2.20. The highest BCUT2D eigenvalue weighted by atomic mass is 32.1. The zero-order valence-electron chi connectivity index (χ0n) is 9.98. The normalized spacial score (nSPS) is 17.4. The molecule has 6 heteroatoms. The van der Waals surface area contributed by atoms with Crippen LogP contribution in [0.2, 0.25) is 0 Å². The summed E-state index contributed by atoms with van der Waals surface area (Å²) in [7, 11) is 0. The molecule has 1 fully saturated rings. The lowest BCUT2D eigenvalue weighted by Gasteiger charge is -2.31. The first-order valence-corrected chi connectivity index (χ1v) is 6.72. The molecule has 1 aliphatic rings. The largest absolute Gasteiger partial charge is 0.351 e. The van der Waals surface area contributed by atoms with Crippen LogP contribution in [0.15, 0.2) is 5.38 Å². The van der Waals surface area contributed by atoms with E-state index in [1.165, 1.54) is 0 Å². The Morgan fingerprint density at radius 2 is 2.35 bits per heavy atom. The van der Waals surface area contributed by atoms with Gasteiger partial charge in [-0.15, -0.1) is 11.3 Å². The van der Waals surface area contributed by atoms with Crippen molar-refractivity contribution in [2.24, 2.45) is 5.73 Å². The number of amides is 2. The van der Waals surface area contributed by atoms with Crippen molar-refractivity contribution in [2.45, 2.75) is 32.4 Å². The van der Waals surface area contributed by atoms with E-state index >= 15 is 0 Å². The predicted octanol–water partition coefficient (Wildman–Crippen LogP) is 1.08. The highest BCUT2D eigenvalue weighted by Crippen LogP contribution is 2.12. The molecule has 2 rings (SSSR count). The van der Waals surface area contributed by atoms with Crippen molar-refractivity contribution in [3.8, 4) is 0 Å². The van der Waals surface area contributed by atoms with Gasteiger partial charge >= 0.3 is 6.03 Å². The van der Waals surface area contributed by atoms with E-state index in [0.29, 0.717) is 6.04 Å². The van der Waals surface area contributed by atoms with E-state index in [1.807, 2.05) is 6.92 Å². The van der Waals surface area contributed by atoms with Gasteiger partial charge in [0.2, 0.25) is 0 Å². The monoisotopic (exact) mass is 254 g/mol. The van der Waals surface area contributed by atoms with Crippen LogP contribution in [0, 0.1) is 6.92 Å². The van der Waals surface area contributed by atoms with E-state index in [-0.39, 0.29) is 6.03 Å². The highest BCUT2D eigenvalue weighted by molar-refractivity contribution is 7.09. The number of piperidine rings is 1. The second kappa shape index (κ2) is 5.46. The van der Waals surface area contributed by atoms with E-state index in [9.17, 15) is 4.79 Å². The molecule has 0 spiro atoms. The first-order valence-electron chi connectivity index (χ1n) is 5.84. The van der Waals surface area contributed by atoms with Crippen LogP contribution in [-0.2, 0) is 6.54 Å². The van der Waals surface area contributed by atoms with Gasteiger partial charge in [0.25, 0.3) is 0 Å². The summed E-state index contributed by atoms with van der Waals surface area (Å²) in [5, 5.41) is 6.66. The molecule has 3 N–H and O–H groups in total. The molecule has 17 heavy (non-hydrogen) atoms. The summed E-state index contributed by atoms with van der Waals surface area (Å²) in [5.41, 5.74) is 6.34. The fourth-order valence-electron chi connectivity index (χ4n) is 2.04. The second-order valence-electron chi connectivity index (χ2n) is 4.34. The first kappa shape index (κ1) is 12.3. The van der Waals surface area contributed by atoms with Gasteiger partial charge in [0, 0.05) is 31.1 Å². The van der Waals surface area contributed by atoms with Crippen molar-refractivity contribution in [3.05, 3.63) is 16.1 Å². The molecule has 1 aliphatic heterocycles. The number of hydrogen-bond acceptors (Lipinski definition) is 4. The van der Waals surface area contributed by atoms with Gasteiger partial charge in [0.1, 0.15) is 0 Å². The Morgan fingerprint density at radius 3 is 2.88 bits per heavy atom. The molecular formula is C11H18N4OS. The lowest BCUT2D eigenvalue weighted by molar-refractivity contribution is 0.185. The van der Waals surface area contributed by atoms with Crippen LogP contribution in [0.5, 0.6) is 0 Å². The van der Waals surface area contributed by atoms with Gasteiger partial charge in [-0.3, -0.25) is 0 Å². The summed E-state index contributed by atoms with van der Waals surface area (Å²) < 4.78 is 0. The van der Waals surface area contributed by atoms with E-state index in [2.05, 4.69) is 15.7 Å². The molecular weight excluding hydrogens is 236 g/mol. The number of rotatable bonds is 3. The minimum atomic E-state index is -0.307. The summed E-state index contributed by atoms with van der Waals surface area (Å²) >= 11 is 1.67. The predicted molar refractivity (Wildman–Crippen MR) is 67.9 cm³/mol. The SMILES string of the molecule is Cc1nc(CNC2CCN(C(N)=O)CC2)cs1. The number of nitrogens with two attached hydrogens (primary N) is 1. The molecule has 0 saturated carbocycles. The molecule has 0 unspecified atom stereocenters. The van der Waals surface area contributed by atoms with Crippen molar-refractivity contribution in [2.75, 3.05) is 13.1 Å². The minimum absolute atomic E-state index is 0.307. The Balaban J connectivity index is 1.73. The van der Waals surface area contributed by atoms with E-state index in [4.69, 9.17) is 5.73 Å². The van der Waals surface area contributed by atoms with Crippen LogP contribution in [0.3, 0.4) is 0 Å². The number of carbonyl (C=O) groups is 1. The molecule has 0 radical (unpaired) electrons. The Bertz CT molecular complexity index is 385. The van der Waals surface area contributed by atoms with Crippen LogP contribution in [-0.4, -0.2) is 35.0 Å². The average molecular weight is 254 g/mol. The van der Waals surface area contributed by atoms with Crippen LogP contribution in [0.25, 0.3) is 0 Å². The van der Waals surface area contributed by atoms with E-state index in [0.717, 1.165) is 43.2 Å². The van der Waals surface area contributed by atoms with Gasteiger partial charge in [-0.05, 0) is 19.8 Å². The Morgan fingerprint density at radius 1 is 1.65 bits per heavy atom. The van der Waals surface area contributed by atoms with Gasteiger partial charge < -0.3 is 16.0 Å². The standard InChI is InChI=1S/C11H18N4OS/c1-8-14-10(7-17-8)6-13-9-2-4-15(5-3-9)11(12)16/h7,9,13H,2-6H2,1H3,(H2,12,16). The van der Waals surface area contributed by atoms with Gasteiger partial charge in [0.05, 0.1) is 10.7 Å². The van der Waals surface area contributed by atoms with Crippen molar-refractivity contribution >= 4 is 17.4 Å². The number of urea groups is 1. The van der Waals surface area contributed by atoms with Crippen LogP contribution in [0.4, 0.5) is 4.79 Å². The van der Waals surface area contributed by atoms with Crippen molar-refractivity contribution < 1.29 is 4.79 Å². The molecule has 2 heterocycles. The lowest BCUT2D eigenvalue weighted by atomic mass is 10.1. The zero-order valence-corrected chi connectivity index (χ0v) is 10.8. The number of aryl methyl sites for hydroxylation is 1. The van der Waals surface area contributed by atoms with E-state index in [1.54, 1.807) is 16.2 Å². The number of thiazole rings is 1. The molecule has 0 bridgehead atoms. The number of likely N-dealkylation sites (tertiary alicyclic amines) is 1. The number of nitrogens with zero attached hydrogens (tertiary/aromatic N) is 2. The molecule has 2 amide bonds. The third kappa shape index (κ3) is 3.41. The first-order chi connectivity index (χ1) is 8.15. The summed E-state index contributed by atoms with van der Waals surface area (Å²) in [6, 6.07) is 0.159. The van der Waals surface area contributed by atoms with Gasteiger partial charge in [-0.1, -0.05) is 0 Å². The van der Waals surface area contributed by atoms with Gasteiger partial charge in [0.15, 0.2) is 0 Å². The number of nitrogens with one attached hydrogen (secondary N) is 1. The molecule has 5 nitrogen and oxygen atoms in total. The Labute approximate surface area is 105 Å². The van der Waals surface area contributed by atoms with Crippen LogP contribution in [0.1, 0.15) is 23.5 Å². The van der Waals surface area contributed by atoms with Gasteiger partial charge in [-0.25, -0.2) is 9.78 Å². The molecule has 1 aromatic rings. The third-order valence-corrected chi connectivity index (χ3v) is 3.87. The molecule has 1 aromatic heterocycles. The number of primary amides is 1.